The molecule has 168 valence electrons. The van der Waals surface area contributed by atoms with Gasteiger partial charge in [-0.15, -0.1) is 0 Å². The van der Waals surface area contributed by atoms with Gasteiger partial charge in [0, 0.05) is 0 Å². The van der Waals surface area contributed by atoms with Gasteiger partial charge >= 0.3 is 0 Å². The summed E-state index contributed by atoms with van der Waals surface area (Å²) in [6.45, 7) is 2.11. The van der Waals surface area contributed by atoms with Crippen LogP contribution < -0.4 is 15.6 Å². The van der Waals surface area contributed by atoms with Gasteiger partial charge < -0.3 is 10.1 Å². The zero-order valence-electron chi connectivity index (χ0n) is 18.1. The minimum Gasteiger partial charge on any atom is -0.486 e. The van der Waals surface area contributed by atoms with Crippen molar-refractivity contribution in [2.45, 2.75) is 13.5 Å². The number of ether oxygens (including phenoxy) is 1. The first-order valence-corrected chi connectivity index (χ1v) is 11.8. The first kappa shape index (κ1) is 22.1. The molecule has 8 heteroatoms. The molecule has 0 aliphatic carbocycles. The van der Waals surface area contributed by atoms with Gasteiger partial charge in [-0.3, -0.25) is 14.2 Å². The van der Waals surface area contributed by atoms with Crippen LogP contribution in [0.25, 0.3) is 22.7 Å². The summed E-state index contributed by atoms with van der Waals surface area (Å²) in [4.78, 5) is 30.5. The molecule has 1 aliphatic heterocycles. The maximum Gasteiger partial charge on any atom is 0.266 e. The van der Waals surface area contributed by atoms with Crippen molar-refractivity contribution in [1.82, 2.24) is 14.9 Å². The monoisotopic (exact) mass is 485 g/mol. The van der Waals surface area contributed by atoms with E-state index in [-0.39, 0.29) is 18.1 Å². The van der Waals surface area contributed by atoms with Gasteiger partial charge in [0.15, 0.2) is 5.82 Å². The van der Waals surface area contributed by atoms with Gasteiger partial charge in [-0.2, -0.15) is 0 Å². The fourth-order valence-corrected chi connectivity index (χ4v) is 4.66. The Morgan fingerprint density at radius 3 is 2.47 bits per heavy atom. The highest BCUT2D eigenvalue weighted by Gasteiger charge is 2.21. The number of rotatable bonds is 5. The van der Waals surface area contributed by atoms with Crippen LogP contribution in [-0.2, 0) is 11.4 Å². The summed E-state index contributed by atoms with van der Waals surface area (Å²) < 4.78 is 8.05. The number of hydrogen-bond acceptors (Lipinski definition) is 6. The van der Waals surface area contributed by atoms with Gasteiger partial charge in [0.25, 0.3) is 11.5 Å². The smallest absolute Gasteiger partial charge is 0.266 e. The van der Waals surface area contributed by atoms with Crippen molar-refractivity contribution in [2.75, 3.05) is 0 Å². The normalized spacial score (nSPS) is 14.6. The molecule has 2 heterocycles. The van der Waals surface area contributed by atoms with E-state index in [9.17, 15) is 9.59 Å². The van der Waals surface area contributed by atoms with Crippen molar-refractivity contribution in [2.24, 2.45) is 0 Å². The molecule has 4 aromatic rings. The minimum absolute atomic E-state index is 0.112. The van der Waals surface area contributed by atoms with E-state index >= 15 is 0 Å². The molecule has 0 atom stereocenters. The number of benzene rings is 3. The molecule has 34 heavy (non-hydrogen) atoms. The van der Waals surface area contributed by atoms with E-state index in [1.54, 1.807) is 16.7 Å². The second kappa shape index (κ2) is 9.24. The quantitative estimate of drug-likeness (QED) is 0.325. The van der Waals surface area contributed by atoms with Crippen LogP contribution in [0.3, 0.4) is 0 Å². The average molecular weight is 486 g/mol. The summed E-state index contributed by atoms with van der Waals surface area (Å²) in [5, 5.41) is 3.16. The van der Waals surface area contributed by atoms with Crippen LogP contribution >= 0.6 is 24.0 Å². The highest BCUT2D eigenvalue weighted by atomic mass is 32.2. The fourth-order valence-electron chi connectivity index (χ4n) is 3.62. The summed E-state index contributed by atoms with van der Waals surface area (Å²) in [7, 11) is 0. The Balaban J connectivity index is 1.44. The Morgan fingerprint density at radius 1 is 1.03 bits per heavy atom. The number of hydrogen-bond donors (Lipinski definition) is 1. The molecule has 1 amide bonds. The number of fused-ring (bicyclic) bond motifs is 1. The number of thioether (sulfide) groups is 1. The van der Waals surface area contributed by atoms with Crippen molar-refractivity contribution in [3.05, 3.63) is 105 Å². The van der Waals surface area contributed by atoms with Crippen LogP contribution in [0.1, 0.15) is 17.0 Å². The first-order chi connectivity index (χ1) is 16.5. The van der Waals surface area contributed by atoms with E-state index in [4.69, 9.17) is 21.9 Å². The Hall–Kier alpha value is -3.75. The molecule has 6 nitrogen and oxygen atoms in total. The Kier molecular flexibility index (Phi) is 6.00. The fraction of sp³-hybridized carbons (Fsp3) is 0.0769. The van der Waals surface area contributed by atoms with Crippen molar-refractivity contribution in [3.63, 3.8) is 0 Å². The summed E-state index contributed by atoms with van der Waals surface area (Å²) in [5.74, 6) is 0.942. The maximum atomic E-state index is 13.3. The molecular weight excluding hydrogens is 466 g/mol. The summed E-state index contributed by atoms with van der Waals surface area (Å²) in [5.41, 5.74) is 3.19. The lowest BCUT2D eigenvalue weighted by Crippen LogP contribution is -2.25. The molecule has 1 fully saturated rings. The zero-order chi connectivity index (χ0) is 23.7. The molecule has 0 spiro atoms. The maximum absolute atomic E-state index is 13.3. The minimum atomic E-state index is -0.188. The van der Waals surface area contributed by atoms with E-state index in [0.717, 1.165) is 16.8 Å². The third kappa shape index (κ3) is 4.50. The molecule has 0 unspecified atom stereocenters. The van der Waals surface area contributed by atoms with Crippen LogP contribution in [0.4, 0.5) is 0 Å². The number of aromatic nitrogens is 2. The van der Waals surface area contributed by atoms with E-state index in [2.05, 4.69) is 5.32 Å². The number of nitrogens with zero attached hydrogens (tertiary/aromatic N) is 2. The lowest BCUT2D eigenvalue weighted by molar-refractivity contribution is -0.115. The molecule has 3 aromatic carbocycles. The van der Waals surface area contributed by atoms with Crippen LogP contribution in [-0.4, -0.2) is 19.8 Å². The second-order valence-electron chi connectivity index (χ2n) is 7.73. The van der Waals surface area contributed by atoms with Gasteiger partial charge in [0.1, 0.15) is 16.7 Å². The zero-order valence-corrected chi connectivity index (χ0v) is 19.8. The van der Waals surface area contributed by atoms with Crippen molar-refractivity contribution >= 4 is 51.2 Å². The largest absolute Gasteiger partial charge is 0.486 e. The van der Waals surface area contributed by atoms with Crippen molar-refractivity contribution in [1.29, 1.82) is 0 Å². The molecule has 0 saturated carbocycles. The van der Waals surface area contributed by atoms with Crippen molar-refractivity contribution < 1.29 is 9.53 Å². The third-order valence-corrected chi connectivity index (χ3v) is 6.49. The topological polar surface area (TPSA) is 73.2 Å². The lowest BCUT2D eigenvalue weighted by atomic mass is 10.2. The summed E-state index contributed by atoms with van der Waals surface area (Å²) in [6.07, 6.45) is 1.78. The molecule has 0 radical (unpaired) electrons. The Labute approximate surface area is 205 Å². The second-order valence-corrected chi connectivity index (χ2v) is 9.45. The molecule has 1 aromatic heterocycles. The molecule has 1 aliphatic rings. The standard InChI is InChI=1S/C26H19N3O3S2/c1-16-6-10-18(11-7-16)29-23(27-21-5-3-2-4-20(21)25(29)31)15-32-19-12-8-17(9-13-19)14-22-24(30)28-26(33)34-22/h2-14H,15H2,1H3,(H,28,30,33)/b22-14+. The molecule has 1 N–H and O–H groups in total. The van der Waals surface area contributed by atoms with Crippen LogP contribution in [0.5, 0.6) is 5.75 Å². The van der Waals surface area contributed by atoms with E-state index in [1.807, 2.05) is 73.7 Å². The molecule has 0 bridgehead atoms. The summed E-state index contributed by atoms with van der Waals surface area (Å²) >= 11 is 6.26. The number of amides is 1. The average Bonchev–Trinajstić information content (AvgIpc) is 3.16. The molecule has 1 saturated heterocycles. The number of para-hydroxylation sites is 1. The van der Waals surface area contributed by atoms with Gasteiger partial charge in [0.2, 0.25) is 0 Å². The number of thiocarbonyl (C=S) groups is 1. The summed E-state index contributed by atoms with van der Waals surface area (Å²) in [6, 6.07) is 22.4. The number of nitrogens with one attached hydrogen (secondary N) is 1. The van der Waals surface area contributed by atoms with E-state index in [1.165, 1.54) is 11.8 Å². The van der Waals surface area contributed by atoms with Crippen LogP contribution in [0, 0.1) is 6.92 Å². The van der Waals surface area contributed by atoms with Gasteiger partial charge in [-0.05, 0) is 55.0 Å². The number of carbonyl (C=O) groups is 1. The van der Waals surface area contributed by atoms with Gasteiger partial charge in [-0.25, -0.2) is 4.98 Å². The molecular formula is C26H19N3O3S2. The highest BCUT2D eigenvalue weighted by molar-refractivity contribution is 8.26. The van der Waals surface area contributed by atoms with Crippen molar-refractivity contribution in [3.8, 4) is 11.4 Å². The first-order valence-electron chi connectivity index (χ1n) is 10.5. The van der Waals surface area contributed by atoms with E-state index < -0.39 is 0 Å². The number of aryl methyl sites for hydroxylation is 1. The lowest BCUT2D eigenvalue weighted by Gasteiger charge is -2.15. The van der Waals surface area contributed by atoms with E-state index in [0.29, 0.717) is 31.7 Å². The van der Waals surface area contributed by atoms with Crippen LogP contribution in [0.15, 0.2) is 82.5 Å². The van der Waals surface area contributed by atoms with Gasteiger partial charge in [-0.1, -0.05) is 65.9 Å². The predicted molar refractivity (Wildman–Crippen MR) is 139 cm³/mol. The molecule has 5 rings (SSSR count). The third-order valence-electron chi connectivity index (χ3n) is 5.33. The predicted octanol–water partition coefficient (Wildman–Crippen LogP) is 4.76. The van der Waals surface area contributed by atoms with Gasteiger partial charge in [0.05, 0.1) is 21.5 Å². The highest BCUT2D eigenvalue weighted by Crippen LogP contribution is 2.26. The Morgan fingerprint density at radius 2 is 1.76 bits per heavy atom. The number of carbonyl (C=O) groups excluding carboxylic acids is 1. The Bertz CT molecular complexity index is 1510. The SMILES string of the molecule is Cc1ccc(-n2c(COc3ccc(/C=C4/SC(=S)NC4=O)cc3)nc3ccccc3c2=O)cc1. The van der Waals surface area contributed by atoms with Crippen LogP contribution in [0.2, 0.25) is 0 Å².